The van der Waals surface area contributed by atoms with Crippen LogP contribution in [0.5, 0.6) is 0 Å². The van der Waals surface area contributed by atoms with Crippen LogP contribution in [0.4, 0.5) is 0 Å². The average molecular weight is 353 g/mol. The van der Waals surface area contributed by atoms with Gasteiger partial charge in [0.2, 0.25) is 0 Å². The van der Waals surface area contributed by atoms with Crippen molar-refractivity contribution in [3.05, 3.63) is 58.4 Å². The molecule has 0 N–H and O–H groups in total. The molecule has 1 aromatic carbocycles. The molecule has 1 fully saturated rings. The normalized spacial score (nSPS) is 15.3. The van der Waals surface area contributed by atoms with Crippen LogP contribution >= 0.6 is 0 Å². The molecule has 1 aromatic heterocycles. The van der Waals surface area contributed by atoms with Gasteiger partial charge in [-0.1, -0.05) is 17.7 Å². The number of aromatic nitrogens is 1. The van der Waals surface area contributed by atoms with Crippen molar-refractivity contribution >= 4 is 11.7 Å². The molecule has 138 valence electrons. The number of hydrogen-bond donors (Lipinski definition) is 0. The fourth-order valence-corrected chi connectivity index (χ4v) is 3.41. The Morgan fingerprint density at radius 2 is 1.58 bits per heavy atom. The van der Waals surface area contributed by atoms with Gasteiger partial charge in [-0.25, -0.2) is 0 Å². The van der Waals surface area contributed by atoms with E-state index < -0.39 is 0 Å². The molecular formula is C21H27N3O2. The van der Waals surface area contributed by atoms with Crippen molar-refractivity contribution in [3.63, 3.8) is 0 Å². The van der Waals surface area contributed by atoms with E-state index in [1.54, 1.807) is 0 Å². The second-order valence-electron chi connectivity index (χ2n) is 7.20. The molecule has 0 atom stereocenters. The third kappa shape index (κ3) is 3.73. The Morgan fingerprint density at radius 3 is 2.12 bits per heavy atom. The van der Waals surface area contributed by atoms with Crippen molar-refractivity contribution in [3.8, 4) is 0 Å². The highest BCUT2D eigenvalue weighted by molar-refractivity contribution is 5.99. The number of nitrogens with zero attached hydrogens (tertiary/aromatic N) is 3. The molecule has 0 radical (unpaired) electrons. The predicted octanol–water partition coefficient (Wildman–Crippen LogP) is 2.59. The van der Waals surface area contributed by atoms with Crippen LogP contribution < -0.4 is 0 Å². The van der Waals surface area contributed by atoms with E-state index in [0.29, 0.717) is 19.6 Å². The van der Waals surface area contributed by atoms with Gasteiger partial charge in [-0.2, -0.15) is 0 Å². The van der Waals surface area contributed by atoms with E-state index in [1.165, 1.54) is 0 Å². The molecule has 2 aromatic rings. The van der Waals surface area contributed by atoms with Crippen molar-refractivity contribution in [2.75, 3.05) is 32.7 Å². The number of piperazine rings is 1. The number of aryl methyl sites for hydroxylation is 2. The van der Waals surface area contributed by atoms with Crippen molar-refractivity contribution in [2.45, 2.75) is 20.8 Å². The van der Waals surface area contributed by atoms with E-state index >= 15 is 0 Å². The van der Waals surface area contributed by atoms with E-state index in [1.807, 2.05) is 67.6 Å². The van der Waals surface area contributed by atoms with Crippen LogP contribution in [0.25, 0.3) is 0 Å². The highest BCUT2D eigenvalue weighted by atomic mass is 16.2. The summed E-state index contributed by atoms with van der Waals surface area (Å²) in [5.74, 6) is 0.231. The summed E-state index contributed by atoms with van der Waals surface area (Å²) < 4.78 is 2.05. The standard InChI is InChI=1S/C21H27N3O2/c1-15-5-7-18(8-6-15)21(26)24-11-9-23(10-12-24)14-20(25)19-13-16(2)22(4)17(19)3/h5-8,13H,9-12,14H2,1-4H3. The zero-order valence-corrected chi connectivity index (χ0v) is 16.1. The molecule has 1 saturated heterocycles. The lowest BCUT2D eigenvalue weighted by atomic mass is 10.1. The van der Waals surface area contributed by atoms with Crippen LogP contribution in [-0.2, 0) is 7.05 Å². The monoisotopic (exact) mass is 353 g/mol. The molecular weight excluding hydrogens is 326 g/mol. The third-order valence-electron chi connectivity index (χ3n) is 5.40. The predicted molar refractivity (Wildman–Crippen MR) is 103 cm³/mol. The van der Waals surface area contributed by atoms with Gasteiger partial charge in [0.05, 0.1) is 6.54 Å². The van der Waals surface area contributed by atoms with E-state index in [9.17, 15) is 9.59 Å². The number of carbonyl (C=O) groups is 2. The van der Waals surface area contributed by atoms with Crippen molar-refractivity contribution in [2.24, 2.45) is 7.05 Å². The second-order valence-corrected chi connectivity index (χ2v) is 7.20. The number of carbonyl (C=O) groups excluding carboxylic acids is 2. The maximum Gasteiger partial charge on any atom is 0.253 e. The van der Waals surface area contributed by atoms with E-state index in [0.717, 1.165) is 41.2 Å². The summed E-state index contributed by atoms with van der Waals surface area (Å²) in [5.41, 5.74) is 4.80. The summed E-state index contributed by atoms with van der Waals surface area (Å²) in [6, 6.07) is 9.66. The lowest BCUT2D eigenvalue weighted by molar-refractivity contribution is 0.0624. The van der Waals surface area contributed by atoms with Crippen LogP contribution in [0.3, 0.4) is 0 Å². The number of ketones is 1. The third-order valence-corrected chi connectivity index (χ3v) is 5.40. The van der Waals surface area contributed by atoms with Crippen LogP contribution in [0, 0.1) is 20.8 Å². The number of hydrogen-bond acceptors (Lipinski definition) is 3. The number of benzene rings is 1. The summed E-state index contributed by atoms with van der Waals surface area (Å²) in [6.07, 6.45) is 0. The fourth-order valence-electron chi connectivity index (χ4n) is 3.41. The first-order chi connectivity index (χ1) is 12.4. The first kappa shape index (κ1) is 18.4. The molecule has 1 aliphatic rings. The first-order valence-corrected chi connectivity index (χ1v) is 9.11. The molecule has 0 saturated carbocycles. The zero-order valence-electron chi connectivity index (χ0n) is 16.1. The minimum Gasteiger partial charge on any atom is -0.351 e. The van der Waals surface area contributed by atoms with Crippen molar-refractivity contribution < 1.29 is 9.59 Å². The molecule has 1 aliphatic heterocycles. The summed E-state index contributed by atoms with van der Waals surface area (Å²) in [7, 11) is 1.98. The second kappa shape index (κ2) is 7.46. The van der Waals surface area contributed by atoms with Gasteiger partial charge in [-0.15, -0.1) is 0 Å². The van der Waals surface area contributed by atoms with Crippen LogP contribution in [0.1, 0.15) is 37.7 Å². The molecule has 0 aliphatic carbocycles. The van der Waals surface area contributed by atoms with Crippen LogP contribution in [0.2, 0.25) is 0 Å². The first-order valence-electron chi connectivity index (χ1n) is 9.11. The van der Waals surface area contributed by atoms with Crippen molar-refractivity contribution in [1.82, 2.24) is 14.4 Å². The molecule has 1 amide bonds. The fraction of sp³-hybridized carbons (Fsp3) is 0.429. The minimum atomic E-state index is 0.0745. The Balaban J connectivity index is 1.56. The number of rotatable bonds is 4. The maximum absolute atomic E-state index is 12.6. The van der Waals surface area contributed by atoms with Crippen LogP contribution in [0.15, 0.2) is 30.3 Å². The molecule has 0 bridgehead atoms. The summed E-state index contributed by atoms with van der Waals surface area (Å²) in [6.45, 7) is 9.20. The molecule has 2 heterocycles. The van der Waals surface area contributed by atoms with Gasteiger partial charge in [0.1, 0.15) is 0 Å². The molecule has 5 heteroatoms. The Labute approximate surface area is 155 Å². The smallest absolute Gasteiger partial charge is 0.253 e. The number of Topliss-reactive ketones (excluding diaryl/α,β-unsaturated/α-hetero) is 1. The highest BCUT2D eigenvalue weighted by Gasteiger charge is 2.24. The van der Waals surface area contributed by atoms with Gasteiger partial charge in [0.15, 0.2) is 5.78 Å². The van der Waals surface area contributed by atoms with Crippen LogP contribution in [-0.4, -0.2) is 58.8 Å². The van der Waals surface area contributed by atoms with E-state index in [4.69, 9.17) is 0 Å². The molecule has 0 spiro atoms. The lowest BCUT2D eigenvalue weighted by Gasteiger charge is -2.34. The van der Waals surface area contributed by atoms with Gasteiger partial charge in [-0.05, 0) is 39.0 Å². The number of amides is 1. The van der Waals surface area contributed by atoms with Gasteiger partial charge in [-0.3, -0.25) is 14.5 Å². The molecule has 5 nitrogen and oxygen atoms in total. The zero-order chi connectivity index (χ0) is 18.8. The average Bonchev–Trinajstić information content (AvgIpc) is 2.90. The maximum atomic E-state index is 12.6. The van der Waals surface area contributed by atoms with Gasteiger partial charge < -0.3 is 9.47 Å². The van der Waals surface area contributed by atoms with Gasteiger partial charge >= 0.3 is 0 Å². The van der Waals surface area contributed by atoms with Gasteiger partial charge in [0, 0.05) is 55.7 Å². The van der Waals surface area contributed by atoms with Gasteiger partial charge in [0.25, 0.3) is 5.91 Å². The molecule has 0 unspecified atom stereocenters. The van der Waals surface area contributed by atoms with E-state index in [2.05, 4.69) is 4.90 Å². The highest BCUT2D eigenvalue weighted by Crippen LogP contribution is 2.15. The lowest BCUT2D eigenvalue weighted by Crippen LogP contribution is -2.49. The van der Waals surface area contributed by atoms with E-state index in [-0.39, 0.29) is 11.7 Å². The summed E-state index contributed by atoms with van der Waals surface area (Å²) in [4.78, 5) is 29.2. The molecule has 26 heavy (non-hydrogen) atoms. The largest absolute Gasteiger partial charge is 0.351 e. The summed E-state index contributed by atoms with van der Waals surface area (Å²) in [5, 5.41) is 0. The Kier molecular flexibility index (Phi) is 5.28. The topological polar surface area (TPSA) is 45.6 Å². The quantitative estimate of drug-likeness (QED) is 0.794. The Hall–Kier alpha value is -2.40. The Bertz CT molecular complexity index is 813. The summed E-state index contributed by atoms with van der Waals surface area (Å²) >= 11 is 0. The minimum absolute atomic E-state index is 0.0745. The van der Waals surface area contributed by atoms with Crippen molar-refractivity contribution in [1.29, 1.82) is 0 Å². The molecule has 3 rings (SSSR count). The Morgan fingerprint density at radius 1 is 0.962 bits per heavy atom. The SMILES string of the molecule is Cc1ccc(C(=O)N2CCN(CC(=O)c3cc(C)n(C)c3C)CC2)cc1.